The van der Waals surface area contributed by atoms with E-state index in [9.17, 15) is 9.59 Å². The summed E-state index contributed by atoms with van der Waals surface area (Å²) in [5, 5.41) is 0.804. The van der Waals surface area contributed by atoms with Gasteiger partial charge in [0.2, 0.25) is 0 Å². The Morgan fingerprint density at radius 1 is 0.969 bits per heavy atom. The third-order valence-electron chi connectivity index (χ3n) is 5.35. The smallest absolute Gasteiger partial charge is 0.338 e. The molecule has 0 bridgehead atoms. The molecule has 4 rings (SSSR count). The summed E-state index contributed by atoms with van der Waals surface area (Å²) in [5.41, 5.74) is 10.8. The number of ether oxygens (including phenoxy) is 1. The molecule has 0 aliphatic heterocycles. The average molecular weight is 428 g/mol. The second kappa shape index (κ2) is 8.98. The van der Waals surface area contributed by atoms with E-state index >= 15 is 0 Å². The number of anilines is 1. The second-order valence-electron chi connectivity index (χ2n) is 7.60. The molecule has 162 valence electrons. The van der Waals surface area contributed by atoms with Crippen molar-refractivity contribution < 1.29 is 14.3 Å². The molecule has 0 radical (unpaired) electrons. The first-order chi connectivity index (χ1) is 15.5. The number of carbonyl (C=O) groups is 2. The Kier molecular flexibility index (Phi) is 5.94. The summed E-state index contributed by atoms with van der Waals surface area (Å²) in [7, 11) is 1.79. The van der Waals surface area contributed by atoms with Gasteiger partial charge in [-0.2, -0.15) is 0 Å². The average Bonchev–Trinajstić information content (AvgIpc) is 3.15. The van der Waals surface area contributed by atoms with Crippen LogP contribution in [0.1, 0.15) is 33.2 Å². The van der Waals surface area contributed by atoms with Crippen molar-refractivity contribution in [1.29, 1.82) is 0 Å². The summed E-state index contributed by atoms with van der Waals surface area (Å²) >= 11 is 0. The van der Waals surface area contributed by atoms with E-state index in [4.69, 9.17) is 10.5 Å². The van der Waals surface area contributed by atoms with Crippen molar-refractivity contribution >= 4 is 28.5 Å². The van der Waals surface area contributed by atoms with Crippen molar-refractivity contribution in [3.8, 4) is 5.69 Å². The summed E-state index contributed by atoms with van der Waals surface area (Å²) in [6.07, 6.45) is 1.83. The minimum Gasteiger partial charge on any atom is -0.462 e. The summed E-state index contributed by atoms with van der Waals surface area (Å²) in [4.78, 5) is 26.6. The van der Waals surface area contributed by atoms with E-state index in [1.54, 1.807) is 31.0 Å². The Labute approximate surface area is 186 Å². The summed E-state index contributed by atoms with van der Waals surface area (Å²) in [6, 6.07) is 22.6. The molecule has 0 aliphatic rings. The molecule has 4 aromatic rings. The van der Waals surface area contributed by atoms with Gasteiger partial charge in [-0.3, -0.25) is 4.79 Å². The monoisotopic (exact) mass is 427 g/mol. The first-order valence-electron chi connectivity index (χ1n) is 10.5. The Hall–Kier alpha value is -4.06. The summed E-state index contributed by atoms with van der Waals surface area (Å²) in [5.74, 6) is -0.416. The number of carbonyl (C=O) groups excluding carboxylic acids is 2. The number of amides is 1. The third kappa shape index (κ3) is 4.21. The largest absolute Gasteiger partial charge is 0.462 e. The zero-order valence-corrected chi connectivity index (χ0v) is 18.1. The molecule has 0 spiro atoms. The predicted octanol–water partition coefficient (Wildman–Crippen LogP) is 4.66. The topological polar surface area (TPSA) is 77.6 Å². The minimum absolute atomic E-state index is 0.0679. The number of nitrogens with two attached hydrogens (primary N) is 1. The highest BCUT2D eigenvalue weighted by Crippen LogP contribution is 2.28. The van der Waals surface area contributed by atoms with Gasteiger partial charge in [-0.25, -0.2) is 4.79 Å². The van der Waals surface area contributed by atoms with Gasteiger partial charge in [-0.05, 0) is 55.0 Å². The van der Waals surface area contributed by atoms with Crippen LogP contribution in [0.3, 0.4) is 0 Å². The van der Waals surface area contributed by atoms with Gasteiger partial charge in [0.15, 0.2) is 0 Å². The second-order valence-corrected chi connectivity index (χ2v) is 7.60. The number of esters is 1. The van der Waals surface area contributed by atoms with Crippen LogP contribution in [-0.2, 0) is 11.3 Å². The Morgan fingerprint density at radius 2 is 1.66 bits per heavy atom. The molecule has 1 amide bonds. The fourth-order valence-electron chi connectivity index (χ4n) is 3.72. The first kappa shape index (κ1) is 21.2. The lowest BCUT2D eigenvalue weighted by atomic mass is 10.1. The highest BCUT2D eigenvalue weighted by molar-refractivity contribution is 6.01. The van der Waals surface area contributed by atoms with E-state index in [2.05, 4.69) is 0 Å². The Morgan fingerprint density at radius 3 is 2.34 bits per heavy atom. The molecule has 32 heavy (non-hydrogen) atoms. The lowest BCUT2D eigenvalue weighted by Crippen LogP contribution is -2.26. The maximum absolute atomic E-state index is 13.0. The van der Waals surface area contributed by atoms with E-state index in [0.29, 0.717) is 30.0 Å². The van der Waals surface area contributed by atoms with Crippen LogP contribution in [0, 0.1) is 0 Å². The maximum Gasteiger partial charge on any atom is 0.338 e. The molecular formula is C26H25N3O3. The van der Waals surface area contributed by atoms with Crippen molar-refractivity contribution in [2.45, 2.75) is 13.5 Å². The van der Waals surface area contributed by atoms with Gasteiger partial charge in [0.05, 0.1) is 23.4 Å². The molecular weight excluding hydrogens is 402 g/mol. The number of nitrogen functional groups attached to an aromatic ring is 1. The molecule has 6 heteroatoms. The number of nitrogens with zero attached hydrogens (tertiary/aromatic N) is 2. The van der Waals surface area contributed by atoms with Gasteiger partial charge in [-0.15, -0.1) is 0 Å². The Balaban J connectivity index is 1.60. The number of benzene rings is 3. The highest BCUT2D eigenvalue weighted by Gasteiger charge is 2.16. The zero-order chi connectivity index (χ0) is 22.7. The number of hydrogen-bond donors (Lipinski definition) is 1. The fourth-order valence-corrected chi connectivity index (χ4v) is 3.72. The van der Waals surface area contributed by atoms with Crippen LogP contribution in [0.4, 0.5) is 5.69 Å². The molecule has 1 aromatic heterocycles. The molecule has 0 saturated carbocycles. The standard InChI is InChI=1S/C26H25N3O3/c1-3-32-26(31)19-9-12-21(13-10-19)29-17-23(27)22-15-20(11-14-24(22)29)25(30)28(2)16-18-7-5-4-6-8-18/h4-15,17H,3,16,27H2,1-2H3. The van der Waals surface area contributed by atoms with E-state index in [1.807, 2.05) is 71.4 Å². The van der Waals surface area contributed by atoms with Gasteiger partial charge < -0.3 is 19.9 Å². The number of aromatic nitrogens is 1. The van der Waals surface area contributed by atoms with Gasteiger partial charge in [0.25, 0.3) is 5.91 Å². The van der Waals surface area contributed by atoms with E-state index in [0.717, 1.165) is 22.2 Å². The lowest BCUT2D eigenvalue weighted by molar-refractivity contribution is 0.0526. The quantitative estimate of drug-likeness (QED) is 0.454. The minimum atomic E-state index is -0.348. The first-order valence-corrected chi connectivity index (χ1v) is 10.5. The van der Waals surface area contributed by atoms with Crippen molar-refractivity contribution in [1.82, 2.24) is 9.47 Å². The van der Waals surface area contributed by atoms with Crippen LogP contribution >= 0.6 is 0 Å². The van der Waals surface area contributed by atoms with Gasteiger partial charge in [-0.1, -0.05) is 30.3 Å². The van der Waals surface area contributed by atoms with Gasteiger partial charge >= 0.3 is 5.97 Å². The van der Waals surface area contributed by atoms with E-state index in [-0.39, 0.29) is 11.9 Å². The molecule has 0 saturated heterocycles. The normalized spacial score (nSPS) is 10.8. The van der Waals surface area contributed by atoms with Crippen LogP contribution < -0.4 is 5.73 Å². The van der Waals surface area contributed by atoms with Crippen LogP contribution in [0.2, 0.25) is 0 Å². The molecule has 0 unspecified atom stereocenters. The predicted molar refractivity (Wildman–Crippen MR) is 126 cm³/mol. The SMILES string of the molecule is CCOC(=O)c1ccc(-n2cc(N)c3cc(C(=O)N(C)Cc4ccccc4)ccc32)cc1. The van der Waals surface area contributed by atoms with Crippen molar-refractivity contribution in [2.75, 3.05) is 19.4 Å². The zero-order valence-electron chi connectivity index (χ0n) is 18.1. The molecule has 1 heterocycles. The van der Waals surface area contributed by atoms with Gasteiger partial charge in [0.1, 0.15) is 0 Å². The molecule has 2 N–H and O–H groups in total. The number of rotatable bonds is 6. The molecule has 0 aliphatic carbocycles. The maximum atomic E-state index is 13.0. The van der Waals surface area contributed by atoms with Crippen molar-refractivity contribution in [2.24, 2.45) is 0 Å². The van der Waals surface area contributed by atoms with Crippen LogP contribution in [0.25, 0.3) is 16.6 Å². The van der Waals surface area contributed by atoms with E-state index < -0.39 is 0 Å². The number of hydrogen-bond acceptors (Lipinski definition) is 4. The number of fused-ring (bicyclic) bond motifs is 1. The molecule has 0 fully saturated rings. The van der Waals surface area contributed by atoms with E-state index in [1.165, 1.54) is 0 Å². The van der Waals surface area contributed by atoms with Gasteiger partial charge in [0, 0.05) is 36.4 Å². The van der Waals surface area contributed by atoms with Crippen molar-refractivity contribution in [3.63, 3.8) is 0 Å². The van der Waals surface area contributed by atoms with Crippen LogP contribution in [0.5, 0.6) is 0 Å². The third-order valence-corrected chi connectivity index (χ3v) is 5.35. The highest BCUT2D eigenvalue weighted by atomic mass is 16.5. The Bertz CT molecular complexity index is 1260. The molecule has 0 atom stereocenters. The fraction of sp³-hybridized carbons (Fsp3) is 0.154. The summed E-state index contributed by atoms with van der Waals surface area (Å²) < 4.78 is 6.98. The van der Waals surface area contributed by atoms with Crippen LogP contribution in [-0.4, -0.2) is 35.0 Å². The van der Waals surface area contributed by atoms with Crippen LogP contribution in [0.15, 0.2) is 79.0 Å². The van der Waals surface area contributed by atoms with Crippen molar-refractivity contribution in [3.05, 3.63) is 95.7 Å². The molecule has 6 nitrogen and oxygen atoms in total. The molecule has 3 aromatic carbocycles. The lowest BCUT2D eigenvalue weighted by Gasteiger charge is -2.17. The summed E-state index contributed by atoms with van der Waals surface area (Å²) in [6.45, 7) is 2.64.